The third kappa shape index (κ3) is 3.83. The molecule has 0 unspecified atom stereocenters. The van der Waals surface area contributed by atoms with Crippen LogP contribution in [0.1, 0.15) is 38.5 Å². The molecule has 2 N–H and O–H groups in total. The number of rotatable bonds is 5. The van der Waals surface area contributed by atoms with E-state index >= 15 is 0 Å². The summed E-state index contributed by atoms with van der Waals surface area (Å²) in [6.07, 6.45) is 7.95. The first-order valence-corrected chi connectivity index (χ1v) is 8.00. The van der Waals surface area contributed by atoms with Gasteiger partial charge in [-0.2, -0.15) is 10.2 Å². The maximum atomic E-state index is 11.5. The van der Waals surface area contributed by atoms with Gasteiger partial charge in [0, 0.05) is 17.2 Å². The summed E-state index contributed by atoms with van der Waals surface area (Å²) in [5.74, 6) is -0.0826. The Bertz CT molecular complexity index is 718. The molecule has 1 aliphatic carbocycles. The predicted molar refractivity (Wildman–Crippen MR) is 89.4 cm³/mol. The zero-order chi connectivity index (χ0) is 16.1. The number of anilines is 1. The topological polar surface area (TPSA) is 87.5 Å². The van der Waals surface area contributed by atoms with Crippen LogP contribution >= 0.6 is 0 Å². The van der Waals surface area contributed by atoms with Crippen molar-refractivity contribution in [3.63, 3.8) is 0 Å². The minimum absolute atomic E-state index is 0.159. The zero-order valence-corrected chi connectivity index (χ0v) is 12.9. The molecule has 1 fully saturated rings. The molecule has 0 amide bonds. The van der Waals surface area contributed by atoms with Crippen LogP contribution in [0.3, 0.4) is 0 Å². The second kappa shape index (κ2) is 7.17. The van der Waals surface area contributed by atoms with E-state index in [-0.39, 0.29) is 5.71 Å². The first-order valence-electron chi connectivity index (χ1n) is 8.00. The number of carboxylic acid groups (broad SMARTS) is 1. The van der Waals surface area contributed by atoms with Gasteiger partial charge in [0.25, 0.3) is 0 Å². The van der Waals surface area contributed by atoms with E-state index in [4.69, 9.17) is 0 Å². The Balaban J connectivity index is 1.78. The highest BCUT2D eigenvalue weighted by Crippen LogP contribution is 2.27. The Morgan fingerprint density at radius 1 is 1.26 bits per heavy atom. The number of aromatic nitrogens is 2. The van der Waals surface area contributed by atoms with Crippen LogP contribution in [-0.2, 0) is 4.79 Å². The highest BCUT2D eigenvalue weighted by molar-refractivity contribution is 6.35. The number of aliphatic carboxylic acids is 1. The van der Waals surface area contributed by atoms with Crippen LogP contribution < -0.4 is 5.43 Å². The summed E-state index contributed by atoms with van der Waals surface area (Å²) >= 11 is 0. The maximum absolute atomic E-state index is 11.5. The first-order chi connectivity index (χ1) is 11.2. The molecule has 1 heterocycles. The lowest BCUT2D eigenvalue weighted by Crippen LogP contribution is -2.20. The number of hydrazone groups is 1. The number of hydrogen-bond acceptors (Lipinski definition) is 5. The number of hydrogen-bond donors (Lipinski definition) is 2. The monoisotopic (exact) mass is 312 g/mol. The number of fused-ring (bicyclic) bond motifs is 1. The summed E-state index contributed by atoms with van der Waals surface area (Å²) in [5.41, 5.74) is 2.95. The van der Waals surface area contributed by atoms with Crippen molar-refractivity contribution in [2.75, 3.05) is 5.43 Å². The molecule has 0 atom stereocenters. The summed E-state index contributed by atoms with van der Waals surface area (Å²) in [4.78, 5) is 11.5. The van der Waals surface area contributed by atoms with Gasteiger partial charge in [-0.3, -0.25) is 5.43 Å². The minimum atomic E-state index is -0.976. The summed E-state index contributed by atoms with van der Waals surface area (Å²) in [7, 11) is 0. The van der Waals surface area contributed by atoms with E-state index in [1.165, 1.54) is 19.3 Å². The van der Waals surface area contributed by atoms with E-state index < -0.39 is 5.97 Å². The fourth-order valence-corrected chi connectivity index (χ4v) is 3.08. The van der Waals surface area contributed by atoms with E-state index in [9.17, 15) is 9.90 Å². The van der Waals surface area contributed by atoms with E-state index in [0.29, 0.717) is 18.2 Å². The average molecular weight is 312 g/mol. The fraction of sp³-hybridized carbons (Fsp3) is 0.412. The Morgan fingerprint density at radius 3 is 2.83 bits per heavy atom. The van der Waals surface area contributed by atoms with Crippen LogP contribution in [0.4, 0.5) is 5.82 Å². The molecule has 0 bridgehead atoms. The van der Waals surface area contributed by atoms with Crippen molar-refractivity contribution in [2.45, 2.75) is 38.5 Å². The van der Waals surface area contributed by atoms with Gasteiger partial charge in [-0.1, -0.05) is 56.4 Å². The Morgan fingerprint density at radius 2 is 2.04 bits per heavy atom. The van der Waals surface area contributed by atoms with Crippen molar-refractivity contribution in [3.05, 3.63) is 30.5 Å². The van der Waals surface area contributed by atoms with Gasteiger partial charge >= 0.3 is 5.97 Å². The lowest BCUT2D eigenvalue weighted by molar-refractivity contribution is -0.129. The molecule has 0 aliphatic heterocycles. The minimum Gasteiger partial charge on any atom is -0.477 e. The van der Waals surface area contributed by atoms with Gasteiger partial charge in [-0.25, -0.2) is 4.79 Å². The molecule has 2 aromatic rings. The van der Waals surface area contributed by atoms with Gasteiger partial charge in [0.05, 0.1) is 6.20 Å². The van der Waals surface area contributed by atoms with E-state index in [1.807, 2.05) is 24.3 Å². The Labute approximate surface area is 134 Å². The van der Waals surface area contributed by atoms with E-state index in [2.05, 4.69) is 20.7 Å². The van der Waals surface area contributed by atoms with E-state index in [1.54, 1.807) is 6.20 Å². The van der Waals surface area contributed by atoms with Gasteiger partial charge in [0.2, 0.25) is 0 Å². The number of benzene rings is 1. The molecule has 0 radical (unpaired) electrons. The maximum Gasteiger partial charge on any atom is 0.352 e. The molecule has 0 spiro atoms. The standard InChI is InChI=1S/C17H20N4O2/c22-17(23)15(10-12-6-2-1-3-7-12)19-21-16-14-9-5-4-8-13(14)11-18-20-16/h4-5,8-9,11-12H,1-3,6-7,10H2,(H,20,21)(H,22,23)/b19-15+. The van der Waals surface area contributed by atoms with Crippen molar-refractivity contribution in [3.8, 4) is 0 Å². The van der Waals surface area contributed by atoms with Crippen molar-refractivity contribution in [2.24, 2.45) is 11.0 Å². The van der Waals surface area contributed by atoms with Gasteiger partial charge < -0.3 is 5.11 Å². The predicted octanol–water partition coefficient (Wildman–Crippen LogP) is 3.45. The van der Waals surface area contributed by atoms with Crippen LogP contribution in [0.2, 0.25) is 0 Å². The van der Waals surface area contributed by atoms with Crippen molar-refractivity contribution in [1.29, 1.82) is 0 Å². The summed E-state index contributed by atoms with van der Waals surface area (Å²) in [5, 5.41) is 23.2. The molecule has 6 heteroatoms. The lowest BCUT2D eigenvalue weighted by atomic mass is 9.85. The number of nitrogens with zero attached hydrogens (tertiary/aromatic N) is 3. The second-order valence-corrected chi connectivity index (χ2v) is 5.96. The number of carboxylic acids is 1. The number of carbonyl (C=O) groups is 1. The summed E-state index contributed by atoms with van der Waals surface area (Å²) < 4.78 is 0. The highest BCUT2D eigenvalue weighted by atomic mass is 16.4. The van der Waals surface area contributed by atoms with E-state index in [0.717, 1.165) is 23.6 Å². The largest absolute Gasteiger partial charge is 0.477 e. The quantitative estimate of drug-likeness (QED) is 0.652. The fourth-order valence-electron chi connectivity index (χ4n) is 3.08. The zero-order valence-electron chi connectivity index (χ0n) is 12.9. The van der Waals surface area contributed by atoms with Crippen LogP contribution in [0.5, 0.6) is 0 Å². The van der Waals surface area contributed by atoms with Crippen LogP contribution in [0.15, 0.2) is 35.6 Å². The van der Waals surface area contributed by atoms with Crippen LogP contribution in [0.25, 0.3) is 10.8 Å². The normalized spacial score (nSPS) is 16.4. The molecule has 1 aliphatic rings. The van der Waals surface area contributed by atoms with Gasteiger partial charge in [-0.05, 0) is 5.92 Å². The summed E-state index contributed by atoms with van der Waals surface area (Å²) in [6.45, 7) is 0. The molecule has 23 heavy (non-hydrogen) atoms. The first kappa shape index (κ1) is 15.4. The second-order valence-electron chi connectivity index (χ2n) is 5.96. The molecular formula is C17H20N4O2. The van der Waals surface area contributed by atoms with Crippen molar-refractivity contribution < 1.29 is 9.90 Å². The van der Waals surface area contributed by atoms with Crippen LogP contribution in [-0.4, -0.2) is 27.0 Å². The third-order valence-electron chi connectivity index (χ3n) is 4.32. The highest BCUT2D eigenvalue weighted by Gasteiger charge is 2.20. The summed E-state index contributed by atoms with van der Waals surface area (Å²) in [6, 6.07) is 7.66. The molecule has 1 aromatic heterocycles. The Hall–Kier alpha value is -2.50. The van der Waals surface area contributed by atoms with Gasteiger partial charge in [0.1, 0.15) is 5.71 Å². The van der Waals surface area contributed by atoms with Crippen LogP contribution in [0, 0.1) is 5.92 Å². The lowest BCUT2D eigenvalue weighted by Gasteiger charge is -2.20. The number of nitrogens with one attached hydrogen (secondary N) is 1. The van der Waals surface area contributed by atoms with Gasteiger partial charge in [0.15, 0.2) is 5.82 Å². The van der Waals surface area contributed by atoms with Gasteiger partial charge in [-0.15, -0.1) is 5.10 Å². The molecule has 0 saturated heterocycles. The molecule has 1 aromatic carbocycles. The van der Waals surface area contributed by atoms with Crippen molar-refractivity contribution in [1.82, 2.24) is 10.2 Å². The smallest absolute Gasteiger partial charge is 0.352 e. The molecular weight excluding hydrogens is 292 g/mol. The third-order valence-corrected chi connectivity index (χ3v) is 4.32. The molecule has 1 saturated carbocycles. The Kier molecular flexibility index (Phi) is 4.80. The molecule has 6 nitrogen and oxygen atoms in total. The molecule has 3 rings (SSSR count). The van der Waals surface area contributed by atoms with Crippen molar-refractivity contribution >= 4 is 28.3 Å². The average Bonchev–Trinajstić information content (AvgIpc) is 2.59. The molecule has 120 valence electrons. The SMILES string of the molecule is O=C(O)/C(CC1CCCCC1)=N/Nc1nncc2ccccc12.